The molecule has 0 spiro atoms. The number of nitrogens with zero attached hydrogens (tertiary/aromatic N) is 2. The Morgan fingerprint density at radius 1 is 0.707 bits per heavy atom. The minimum Gasteiger partial charge on any atom is -0.450 e. The quantitative estimate of drug-likeness (QED) is 0.0222. The average molecular weight is 872 g/mol. The Morgan fingerprint density at radius 2 is 1.26 bits per heavy atom. The number of amides is 1. The molecule has 0 bridgehead atoms. The predicted octanol–water partition coefficient (Wildman–Crippen LogP) is 11.8. The summed E-state index contributed by atoms with van der Waals surface area (Å²) in [5.41, 5.74) is -0.0514. The van der Waals surface area contributed by atoms with Crippen LogP contribution in [0.2, 0.25) is 0 Å². The molecule has 0 radical (unpaired) electrons. The molecule has 1 atom stereocenters. The molecule has 16 heteroatoms. The number of pyridine rings is 1. The third kappa shape index (κ3) is 29.8. The maximum Gasteiger partial charge on any atom is 0.407 e. The van der Waals surface area contributed by atoms with E-state index in [2.05, 4.69) is 16.4 Å². The fraction of sp³-hybridized carbons (Fsp3) is 0.714. The zero-order valence-electron chi connectivity index (χ0n) is 34.9. The van der Waals surface area contributed by atoms with Crippen LogP contribution in [0, 0.1) is 10.1 Å². The van der Waals surface area contributed by atoms with E-state index in [-0.39, 0.29) is 12.3 Å². The van der Waals surface area contributed by atoms with E-state index < -0.39 is 18.6 Å². The number of hydrogen-bond donors (Lipinski definition) is 1. The Labute approximate surface area is 355 Å². The molecule has 0 aliphatic carbocycles. The highest BCUT2D eigenvalue weighted by Crippen LogP contribution is 2.49. The summed E-state index contributed by atoms with van der Waals surface area (Å²) in [6, 6.07) is 11.6. The first-order valence-electron chi connectivity index (χ1n) is 21.4. The van der Waals surface area contributed by atoms with Gasteiger partial charge >= 0.3 is 13.7 Å². The number of unbranched alkanes of at least 4 members (excludes halogenated alkanes) is 16. The highest BCUT2D eigenvalue weighted by Gasteiger charge is 2.25. The van der Waals surface area contributed by atoms with Gasteiger partial charge in [-0.25, -0.2) is 14.3 Å². The smallest absolute Gasteiger partial charge is 0.407 e. The molecule has 0 saturated heterocycles. The minimum atomic E-state index is -3.32. The fourth-order valence-electron chi connectivity index (χ4n) is 5.85. The van der Waals surface area contributed by atoms with Crippen LogP contribution in [-0.4, -0.2) is 87.3 Å². The van der Waals surface area contributed by atoms with Crippen LogP contribution < -0.4 is 9.84 Å². The number of aromatic nitrogens is 1. The number of carbonyl (C=O) groups is 1. The normalized spacial score (nSPS) is 12.3. The van der Waals surface area contributed by atoms with Gasteiger partial charge in [0.1, 0.15) is 10.8 Å². The zero-order valence-corrected chi connectivity index (χ0v) is 37.4. The van der Waals surface area contributed by atoms with Crippen molar-refractivity contribution >= 4 is 41.0 Å². The number of non-ortho nitro benzene ring substituents is 1. The summed E-state index contributed by atoms with van der Waals surface area (Å²) in [5, 5.41) is 14.6. The summed E-state index contributed by atoms with van der Waals surface area (Å²) in [6.45, 7) is 6.14. The maximum absolute atomic E-state index is 13.1. The third-order valence-corrected chi connectivity index (χ3v) is 13.3. The summed E-state index contributed by atoms with van der Waals surface area (Å²) >= 11 is 0. The fourth-order valence-corrected chi connectivity index (χ4v) is 9.60. The van der Waals surface area contributed by atoms with E-state index in [1.807, 2.05) is 29.1 Å². The third-order valence-electron chi connectivity index (χ3n) is 8.99. The first kappa shape index (κ1) is 51.8. The molecule has 2 rings (SSSR count). The van der Waals surface area contributed by atoms with E-state index in [0.717, 1.165) is 75.8 Å². The number of nitrogens with one attached hydrogen (secondary N) is 1. The summed E-state index contributed by atoms with van der Waals surface area (Å²) in [7, 11) is 0.362. The number of ether oxygens (including phenoxy) is 4. The molecule has 13 nitrogen and oxygen atoms in total. The topological polar surface area (TPSA) is 158 Å². The van der Waals surface area contributed by atoms with Crippen LogP contribution in [0.25, 0.3) is 0 Å². The van der Waals surface area contributed by atoms with Gasteiger partial charge in [-0.1, -0.05) is 107 Å². The standard InChI is InChI=1S/C42H70N3O10PS2/c1-2-54-56(49,55-40-26-24-39(25-27-40)45(47)48)37-21-15-11-7-3-6-10-14-20-31-53-42(46)44-29-32-51-34-36-52-35-33-50-30-19-13-9-5-4-8-12-16-22-38-57-58-41-23-17-18-28-43-41/h17-18,23-28H,2-16,19-22,29-38H2,1H3,(H,44,46). The van der Waals surface area contributed by atoms with Crippen molar-refractivity contribution in [2.24, 2.45) is 0 Å². The monoisotopic (exact) mass is 871 g/mol. The van der Waals surface area contributed by atoms with Crippen LogP contribution in [0.4, 0.5) is 10.5 Å². The minimum absolute atomic E-state index is 0.0514. The summed E-state index contributed by atoms with van der Waals surface area (Å²) < 4.78 is 46.2. The lowest BCUT2D eigenvalue weighted by Crippen LogP contribution is -2.28. The van der Waals surface area contributed by atoms with Gasteiger partial charge in [0.25, 0.3) is 5.69 Å². The number of alkyl carbamates (subject to hydrolysis) is 1. The van der Waals surface area contributed by atoms with Crippen molar-refractivity contribution in [3.63, 3.8) is 0 Å². The van der Waals surface area contributed by atoms with E-state index >= 15 is 0 Å². The number of rotatable bonds is 40. The molecule has 1 aromatic carbocycles. The second-order valence-corrected chi connectivity index (χ2v) is 18.5. The molecule has 58 heavy (non-hydrogen) atoms. The van der Waals surface area contributed by atoms with E-state index in [9.17, 15) is 19.5 Å². The highest BCUT2D eigenvalue weighted by atomic mass is 33.1. The Balaban J connectivity index is 1.23. The van der Waals surface area contributed by atoms with Crippen molar-refractivity contribution in [3.8, 4) is 5.75 Å². The second-order valence-electron chi connectivity index (χ2n) is 13.9. The molecular weight excluding hydrogens is 802 g/mol. The van der Waals surface area contributed by atoms with Crippen LogP contribution in [0.5, 0.6) is 5.75 Å². The highest BCUT2D eigenvalue weighted by molar-refractivity contribution is 8.76. The molecule has 330 valence electrons. The predicted molar refractivity (Wildman–Crippen MR) is 235 cm³/mol. The molecule has 0 fully saturated rings. The lowest BCUT2D eigenvalue weighted by atomic mass is 10.1. The van der Waals surface area contributed by atoms with Crippen molar-refractivity contribution in [2.45, 2.75) is 128 Å². The lowest BCUT2D eigenvalue weighted by molar-refractivity contribution is -0.384. The van der Waals surface area contributed by atoms with Crippen molar-refractivity contribution < 1.29 is 42.3 Å². The van der Waals surface area contributed by atoms with Gasteiger partial charge < -0.3 is 33.3 Å². The Kier molecular flexibility index (Phi) is 32.5. The Morgan fingerprint density at radius 3 is 1.84 bits per heavy atom. The molecule has 1 heterocycles. The number of nitro benzene ring substituents is 1. The molecule has 0 saturated carbocycles. The van der Waals surface area contributed by atoms with Crippen molar-refractivity contribution in [2.75, 3.05) is 71.3 Å². The van der Waals surface area contributed by atoms with Crippen molar-refractivity contribution in [1.82, 2.24) is 10.3 Å². The van der Waals surface area contributed by atoms with Gasteiger partial charge in [0, 0.05) is 37.2 Å². The number of carbonyl (C=O) groups excluding carboxylic acids is 1. The van der Waals surface area contributed by atoms with E-state index in [4.69, 9.17) is 28.0 Å². The van der Waals surface area contributed by atoms with E-state index in [1.54, 1.807) is 17.7 Å². The Hall–Kier alpha value is -2.39. The van der Waals surface area contributed by atoms with Gasteiger partial charge in [-0.15, -0.1) is 0 Å². The number of benzene rings is 1. The molecule has 0 aliphatic heterocycles. The summed E-state index contributed by atoms with van der Waals surface area (Å²) in [5.74, 6) is 1.49. The van der Waals surface area contributed by atoms with Crippen LogP contribution >= 0.6 is 29.2 Å². The summed E-state index contributed by atoms with van der Waals surface area (Å²) in [4.78, 5) is 26.6. The van der Waals surface area contributed by atoms with Gasteiger partial charge in [0.15, 0.2) is 0 Å². The van der Waals surface area contributed by atoms with Gasteiger partial charge in [-0.05, 0) is 67.7 Å². The maximum atomic E-state index is 13.1. The van der Waals surface area contributed by atoms with E-state index in [0.29, 0.717) is 58.1 Å². The second kappa shape index (κ2) is 36.5. The molecule has 1 aromatic heterocycles. The number of nitro groups is 1. The molecule has 2 aromatic rings. The molecule has 1 amide bonds. The number of hydrogen-bond acceptors (Lipinski definition) is 13. The van der Waals surface area contributed by atoms with Crippen LogP contribution in [0.1, 0.15) is 122 Å². The largest absolute Gasteiger partial charge is 0.450 e. The molecule has 1 unspecified atom stereocenters. The van der Waals surface area contributed by atoms with Gasteiger partial charge in [-0.3, -0.25) is 10.1 Å². The van der Waals surface area contributed by atoms with Gasteiger partial charge in [-0.2, -0.15) is 0 Å². The average Bonchev–Trinajstić information content (AvgIpc) is 3.22. The van der Waals surface area contributed by atoms with Gasteiger partial charge in [0.2, 0.25) is 0 Å². The van der Waals surface area contributed by atoms with Gasteiger partial charge in [0.05, 0.1) is 57.3 Å². The van der Waals surface area contributed by atoms with Crippen LogP contribution in [0.3, 0.4) is 0 Å². The van der Waals surface area contributed by atoms with Crippen LogP contribution in [-0.2, 0) is 28.0 Å². The lowest BCUT2D eigenvalue weighted by Gasteiger charge is -2.18. The first-order chi connectivity index (χ1) is 28.4. The van der Waals surface area contributed by atoms with E-state index in [1.165, 1.54) is 81.4 Å². The van der Waals surface area contributed by atoms with Crippen molar-refractivity contribution in [3.05, 3.63) is 58.8 Å². The zero-order chi connectivity index (χ0) is 41.6. The van der Waals surface area contributed by atoms with Crippen LogP contribution in [0.15, 0.2) is 53.7 Å². The summed E-state index contributed by atoms with van der Waals surface area (Å²) in [6.07, 6.45) is 22.2. The first-order valence-corrected chi connectivity index (χ1v) is 25.5. The van der Waals surface area contributed by atoms with Crippen molar-refractivity contribution in [1.29, 1.82) is 0 Å². The molecule has 0 aliphatic rings. The molecular formula is C42H70N3O10PS2. The molecule has 1 N–H and O–H groups in total. The SMILES string of the molecule is CCOP(=O)(CCCCCCCCCCCOC(=O)NCCOCCOCCOCCCCCCCCCCCSSc1ccccn1)Oc1ccc([N+](=O)[O-])cc1. The Bertz CT molecular complexity index is 1330.